The average Bonchev–Trinajstić information content (AvgIpc) is 2.87. The van der Waals surface area contributed by atoms with Gasteiger partial charge in [-0.3, -0.25) is 4.79 Å². The van der Waals surface area contributed by atoms with E-state index in [0.29, 0.717) is 41.4 Å². The predicted molar refractivity (Wildman–Crippen MR) is 149 cm³/mol. The predicted octanol–water partition coefficient (Wildman–Crippen LogP) is 6.84. The minimum absolute atomic E-state index is 0.0688. The van der Waals surface area contributed by atoms with E-state index in [0.717, 1.165) is 22.0 Å². The molecule has 186 valence electrons. The standard InChI is InChI=1S/C29H30BrN3O3/c1-5-20(4)28-32-25-12-11-23(30)16-24(25)29(34)33(28)31-17-21-10-13-26(27(15-21)35-6-2)36-18-22-9-7-8-19(3)14-22/h7-17,20H,5-6,18H2,1-4H3/t20-/m0/s1. The van der Waals surface area contributed by atoms with Crippen LogP contribution >= 0.6 is 15.9 Å². The van der Waals surface area contributed by atoms with Crippen LogP contribution in [-0.4, -0.2) is 22.5 Å². The molecule has 1 heterocycles. The highest BCUT2D eigenvalue weighted by Gasteiger charge is 2.16. The molecular formula is C29H30BrN3O3. The van der Waals surface area contributed by atoms with Gasteiger partial charge >= 0.3 is 0 Å². The van der Waals surface area contributed by atoms with Gasteiger partial charge in [-0.05, 0) is 67.8 Å². The third-order valence-electron chi connectivity index (χ3n) is 5.95. The van der Waals surface area contributed by atoms with Crippen molar-refractivity contribution in [3.05, 3.63) is 98.0 Å². The molecule has 0 aliphatic heterocycles. The number of rotatable bonds is 9. The molecule has 0 saturated heterocycles. The number of aryl methyl sites for hydroxylation is 1. The van der Waals surface area contributed by atoms with Crippen LogP contribution in [0.15, 0.2) is 75.0 Å². The molecule has 36 heavy (non-hydrogen) atoms. The van der Waals surface area contributed by atoms with Crippen LogP contribution in [0.4, 0.5) is 0 Å². The molecule has 0 fully saturated rings. The van der Waals surface area contributed by atoms with Gasteiger partial charge in [0.1, 0.15) is 12.4 Å². The van der Waals surface area contributed by atoms with E-state index in [1.165, 1.54) is 10.2 Å². The lowest BCUT2D eigenvalue weighted by Crippen LogP contribution is -2.23. The molecule has 0 radical (unpaired) electrons. The third kappa shape index (κ3) is 5.85. The van der Waals surface area contributed by atoms with E-state index >= 15 is 0 Å². The molecule has 0 bridgehead atoms. The fraction of sp³-hybridized carbons (Fsp3) is 0.276. The summed E-state index contributed by atoms with van der Waals surface area (Å²) in [6, 6.07) is 19.4. The Morgan fingerprint density at radius 1 is 1.06 bits per heavy atom. The van der Waals surface area contributed by atoms with E-state index < -0.39 is 0 Å². The second-order valence-corrected chi connectivity index (χ2v) is 9.63. The maximum atomic E-state index is 13.4. The van der Waals surface area contributed by atoms with Crippen molar-refractivity contribution in [1.82, 2.24) is 9.66 Å². The molecule has 0 N–H and O–H groups in total. The summed E-state index contributed by atoms with van der Waals surface area (Å²) < 4.78 is 14.1. The Kier molecular flexibility index (Phi) is 8.21. The average molecular weight is 548 g/mol. The highest BCUT2D eigenvalue weighted by Crippen LogP contribution is 2.29. The number of benzene rings is 3. The zero-order valence-corrected chi connectivity index (χ0v) is 22.6. The number of ether oxygens (including phenoxy) is 2. The maximum Gasteiger partial charge on any atom is 0.282 e. The summed E-state index contributed by atoms with van der Waals surface area (Å²) >= 11 is 3.45. The van der Waals surface area contributed by atoms with Gasteiger partial charge in [-0.2, -0.15) is 9.78 Å². The minimum Gasteiger partial charge on any atom is -0.490 e. The maximum absolute atomic E-state index is 13.4. The number of aromatic nitrogens is 2. The Hall–Kier alpha value is -3.45. The molecule has 0 amide bonds. The smallest absolute Gasteiger partial charge is 0.282 e. The van der Waals surface area contributed by atoms with Crippen LogP contribution in [0.2, 0.25) is 0 Å². The molecular weight excluding hydrogens is 518 g/mol. The molecule has 0 spiro atoms. The summed E-state index contributed by atoms with van der Waals surface area (Å²) in [7, 11) is 0. The van der Waals surface area contributed by atoms with Crippen molar-refractivity contribution in [2.45, 2.75) is 46.6 Å². The lowest BCUT2D eigenvalue weighted by Gasteiger charge is -2.14. The van der Waals surface area contributed by atoms with Crippen molar-refractivity contribution < 1.29 is 9.47 Å². The molecule has 4 aromatic rings. The third-order valence-corrected chi connectivity index (χ3v) is 6.45. The van der Waals surface area contributed by atoms with Gasteiger partial charge in [0.15, 0.2) is 11.5 Å². The Morgan fingerprint density at radius 3 is 2.64 bits per heavy atom. The zero-order valence-electron chi connectivity index (χ0n) is 21.0. The molecule has 3 aromatic carbocycles. The van der Waals surface area contributed by atoms with E-state index in [1.54, 1.807) is 12.3 Å². The highest BCUT2D eigenvalue weighted by atomic mass is 79.9. The zero-order chi connectivity index (χ0) is 25.7. The van der Waals surface area contributed by atoms with Crippen LogP contribution in [0.5, 0.6) is 11.5 Å². The quantitative estimate of drug-likeness (QED) is 0.215. The molecule has 0 aliphatic rings. The summed E-state index contributed by atoms with van der Waals surface area (Å²) in [5.74, 6) is 1.99. The van der Waals surface area contributed by atoms with Crippen LogP contribution in [0.1, 0.15) is 55.6 Å². The van der Waals surface area contributed by atoms with E-state index in [4.69, 9.17) is 14.5 Å². The number of fused-ring (bicyclic) bond motifs is 1. The monoisotopic (exact) mass is 547 g/mol. The number of nitrogens with zero attached hydrogens (tertiary/aromatic N) is 3. The summed E-state index contributed by atoms with van der Waals surface area (Å²) in [5, 5.41) is 5.08. The first kappa shape index (κ1) is 25.6. The summed E-state index contributed by atoms with van der Waals surface area (Å²) in [6.07, 6.45) is 2.50. The van der Waals surface area contributed by atoms with Crippen LogP contribution in [-0.2, 0) is 6.61 Å². The molecule has 0 aliphatic carbocycles. The Morgan fingerprint density at radius 2 is 1.89 bits per heavy atom. The number of hydrogen-bond donors (Lipinski definition) is 0. The summed E-state index contributed by atoms with van der Waals surface area (Å²) in [6.45, 7) is 9.06. The summed E-state index contributed by atoms with van der Waals surface area (Å²) in [4.78, 5) is 18.1. The van der Waals surface area contributed by atoms with Crippen molar-refractivity contribution in [3.63, 3.8) is 0 Å². The lowest BCUT2D eigenvalue weighted by molar-refractivity contribution is 0.269. The van der Waals surface area contributed by atoms with Crippen molar-refractivity contribution in [3.8, 4) is 11.5 Å². The van der Waals surface area contributed by atoms with Crippen LogP contribution < -0.4 is 15.0 Å². The van der Waals surface area contributed by atoms with Crippen molar-refractivity contribution >= 4 is 33.0 Å². The largest absolute Gasteiger partial charge is 0.490 e. The van der Waals surface area contributed by atoms with Crippen molar-refractivity contribution in [2.24, 2.45) is 5.10 Å². The highest BCUT2D eigenvalue weighted by molar-refractivity contribution is 9.10. The fourth-order valence-electron chi connectivity index (χ4n) is 3.86. The van der Waals surface area contributed by atoms with E-state index in [2.05, 4.69) is 47.0 Å². The minimum atomic E-state index is -0.198. The van der Waals surface area contributed by atoms with Crippen LogP contribution in [0, 0.1) is 6.92 Å². The first-order chi connectivity index (χ1) is 17.4. The Bertz CT molecular complexity index is 1460. The van der Waals surface area contributed by atoms with Gasteiger partial charge in [-0.15, -0.1) is 0 Å². The van der Waals surface area contributed by atoms with Gasteiger partial charge in [-0.25, -0.2) is 4.98 Å². The molecule has 1 atom stereocenters. The topological polar surface area (TPSA) is 65.7 Å². The fourth-order valence-corrected chi connectivity index (χ4v) is 4.22. The van der Waals surface area contributed by atoms with E-state index in [1.807, 2.05) is 56.3 Å². The summed E-state index contributed by atoms with van der Waals surface area (Å²) in [5.41, 5.74) is 3.54. The number of hydrogen-bond acceptors (Lipinski definition) is 5. The van der Waals surface area contributed by atoms with Gasteiger partial charge in [0.2, 0.25) is 0 Å². The molecule has 7 heteroatoms. The first-order valence-corrected chi connectivity index (χ1v) is 12.9. The first-order valence-electron chi connectivity index (χ1n) is 12.1. The normalized spacial score (nSPS) is 12.2. The number of halogens is 1. The van der Waals surface area contributed by atoms with Gasteiger partial charge in [0.05, 0.1) is 23.7 Å². The van der Waals surface area contributed by atoms with Crippen molar-refractivity contribution in [2.75, 3.05) is 6.61 Å². The lowest BCUT2D eigenvalue weighted by atomic mass is 10.1. The Balaban J connectivity index is 1.67. The molecule has 0 saturated carbocycles. The molecule has 0 unspecified atom stereocenters. The Labute approximate surface area is 219 Å². The van der Waals surface area contributed by atoms with E-state index in [9.17, 15) is 4.79 Å². The SMILES string of the molecule is CCOc1cc(C=Nn2c([C@@H](C)CC)nc3ccc(Br)cc3c2=O)ccc1OCc1cccc(C)c1. The molecule has 6 nitrogen and oxygen atoms in total. The van der Waals surface area contributed by atoms with Crippen molar-refractivity contribution in [1.29, 1.82) is 0 Å². The van der Waals surface area contributed by atoms with E-state index in [-0.39, 0.29) is 11.5 Å². The second-order valence-electron chi connectivity index (χ2n) is 8.72. The van der Waals surface area contributed by atoms with Gasteiger partial charge in [-0.1, -0.05) is 59.6 Å². The van der Waals surface area contributed by atoms with Gasteiger partial charge in [0, 0.05) is 10.4 Å². The van der Waals surface area contributed by atoms with Crippen LogP contribution in [0.3, 0.4) is 0 Å². The van der Waals surface area contributed by atoms with Crippen LogP contribution in [0.25, 0.3) is 10.9 Å². The van der Waals surface area contributed by atoms with Gasteiger partial charge < -0.3 is 9.47 Å². The molecule has 4 rings (SSSR count). The molecule has 1 aromatic heterocycles. The van der Waals surface area contributed by atoms with Gasteiger partial charge in [0.25, 0.3) is 5.56 Å². The second kappa shape index (κ2) is 11.5.